The molecule has 0 fully saturated rings. The average molecular weight is 578 g/mol. The maximum Gasteiger partial charge on any atom is 0.124 e. The Bertz CT molecular complexity index is 1070. The van der Waals surface area contributed by atoms with E-state index in [1.165, 1.54) is 72.8 Å². The van der Waals surface area contributed by atoms with Gasteiger partial charge in [-0.1, -0.05) is 54.6 Å². The van der Waals surface area contributed by atoms with Crippen LogP contribution in [0.4, 0.5) is 0 Å². The van der Waals surface area contributed by atoms with Crippen molar-refractivity contribution in [2.24, 2.45) is 0 Å². The zero-order valence-electron chi connectivity index (χ0n) is 15.4. The number of hydrogen-bond acceptors (Lipinski definition) is 9. The number of benzene rings is 3. The standard InChI is InChI=1S/3C6H6O3S.Pd/c3*7-10(8,9)6-4-2-1-3-5-6;/h3*1-5H,(H,7,8,9);/p-3. The molecule has 0 aliphatic carbocycles. The Balaban J connectivity index is 0.000000429. The molecule has 13 heteroatoms. The van der Waals surface area contributed by atoms with E-state index in [1.807, 2.05) is 0 Å². The molecule has 0 heterocycles. The molecule has 3 rings (SSSR count). The summed E-state index contributed by atoms with van der Waals surface area (Å²) >= 11 is 0. The quantitative estimate of drug-likeness (QED) is 0.332. The third kappa shape index (κ3) is 11.9. The van der Waals surface area contributed by atoms with Crippen LogP contribution in [0, 0.1) is 0 Å². The van der Waals surface area contributed by atoms with Crippen LogP contribution in [0.3, 0.4) is 0 Å². The van der Waals surface area contributed by atoms with Gasteiger partial charge in [0, 0.05) is 20.4 Å². The van der Waals surface area contributed by atoms with Gasteiger partial charge in [-0.2, -0.15) is 0 Å². The third-order valence-corrected chi connectivity index (χ3v) is 5.64. The van der Waals surface area contributed by atoms with Crippen LogP contribution in [0.1, 0.15) is 0 Å². The molecule has 0 radical (unpaired) electrons. The predicted octanol–water partition coefficient (Wildman–Crippen LogP) is 1.77. The van der Waals surface area contributed by atoms with Crippen molar-refractivity contribution in [3.63, 3.8) is 0 Å². The van der Waals surface area contributed by atoms with Gasteiger partial charge in [-0.05, 0) is 36.4 Å². The predicted molar refractivity (Wildman–Crippen MR) is 103 cm³/mol. The fourth-order valence-corrected chi connectivity index (χ4v) is 3.23. The van der Waals surface area contributed by atoms with Crippen LogP contribution in [0.2, 0.25) is 0 Å². The van der Waals surface area contributed by atoms with Gasteiger partial charge in [0.15, 0.2) is 0 Å². The minimum atomic E-state index is -4.25. The van der Waals surface area contributed by atoms with E-state index in [1.54, 1.807) is 18.2 Å². The SMILES string of the molecule is O=S(=O)([O-])c1ccccc1.O=S(=O)([O-])c1ccccc1.O=S(=O)([O-])c1ccccc1.[Pd]. The Morgan fingerprint density at radius 3 is 0.645 bits per heavy atom. The molecule has 0 N–H and O–H groups in total. The molecule has 0 atom stereocenters. The first-order valence-corrected chi connectivity index (χ1v) is 12.1. The molecule has 0 aliphatic rings. The largest absolute Gasteiger partial charge is 0.744 e. The molecule has 0 unspecified atom stereocenters. The van der Waals surface area contributed by atoms with Crippen molar-refractivity contribution >= 4 is 30.4 Å². The number of hydrogen-bond donors (Lipinski definition) is 0. The zero-order valence-corrected chi connectivity index (χ0v) is 19.4. The van der Waals surface area contributed by atoms with Crippen molar-refractivity contribution in [3.05, 3.63) is 91.0 Å². The summed E-state index contributed by atoms with van der Waals surface area (Å²) in [6.45, 7) is 0. The van der Waals surface area contributed by atoms with E-state index in [2.05, 4.69) is 0 Å². The first-order chi connectivity index (χ1) is 13.8. The summed E-state index contributed by atoms with van der Waals surface area (Å²) in [5, 5.41) is 0. The molecule has 9 nitrogen and oxygen atoms in total. The second kappa shape index (κ2) is 12.8. The van der Waals surface area contributed by atoms with Crippen LogP contribution >= 0.6 is 0 Å². The van der Waals surface area contributed by atoms with Gasteiger partial charge >= 0.3 is 0 Å². The summed E-state index contributed by atoms with van der Waals surface area (Å²) in [4.78, 5) is -0.556. The minimum Gasteiger partial charge on any atom is -0.744 e. The zero-order chi connectivity index (χ0) is 22.8. The van der Waals surface area contributed by atoms with Gasteiger partial charge in [0.1, 0.15) is 30.4 Å². The van der Waals surface area contributed by atoms with E-state index in [4.69, 9.17) is 0 Å². The summed E-state index contributed by atoms with van der Waals surface area (Å²) in [7, 11) is -12.8. The van der Waals surface area contributed by atoms with Crippen LogP contribution in [-0.4, -0.2) is 38.9 Å². The Kier molecular flexibility index (Phi) is 12.0. The van der Waals surface area contributed by atoms with Crippen LogP contribution < -0.4 is 0 Å². The van der Waals surface area contributed by atoms with Crippen LogP contribution in [0.15, 0.2) is 106 Å². The third-order valence-electron chi connectivity index (χ3n) is 3.10. The first kappa shape index (κ1) is 29.1. The normalized spacial score (nSPS) is 10.9. The van der Waals surface area contributed by atoms with Gasteiger partial charge in [-0.15, -0.1) is 0 Å². The monoisotopic (exact) mass is 577 g/mol. The van der Waals surface area contributed by atoms with Crippen LogP contribution in [-0.2, 0) is 50.8 Å². The second-order valence-corrected chi connectivity index (χ2v) is 9.44. The Labute approximate surface area is 194 Å². The molecule has 0 saturated heterocycles. The van der Waals surface area contributed by atoms with Crippen molar-refractivity contribution < 1.29 is 59.3 Å². The molecule has 0 aromatic heterocycles. The van der Waals surface area contributed by atoms with Crippen molar-refractivity contribution in [2.45, 2.75) is 14.7 Å². The Hall–Kier alpha value is -1.95. The summed E-state index contributed by atoms with van der Waals surface area (Å²) in [6, 6.07) is 21.6. The maximum atomic E-state index is 10.3. The van der Waals surface area contributed by atoms with E-state index < -0.39 is 30.4 Å². The van der Waals surface area contributed by atoms with E-state index in [0.717, 1.165) is 0 Å². The number of rotatable bonds is 3. The van der Waals surface area contributed by atoms with Gasteiger partial charge in [-0.25, -0.2) is 25.3 Å². The van der Waals surface area contributed by atoms with Crippen LogP contribution in [0.5, 0.6) is 0 Å². The summed E-state index contributed by atoms with van der Waals surface area (Å²) < 4.78 is 92.5. The van der Waals surface area contributed by atoms with E-state index >= 15 is 0 Å². The second-order valence-electron chi connectivity index (χ2n) is 5.30. The molecule has 0 aliphatic heterocycles. The topological polar surface area (TPSA) is 172 Å². The van der Waals surface area contributed by atoms with Crippen molar-refractivity contribution in [1.82, 2.24) is 0 Å². The van der Waals surface area contributed by atoms with Crippen molar-refractivity contribution in [2.75, 3.05) is 0 Å². The maximum absolute atomic E-state index is 10.3. The van der Waals surface area contributed by atoms with Crippen molar-refractivity contribution in [3.8, 4) is 0 Å². The molecule has 172 valence electrons. The first-order valence-electron chi connectivity index (χ1n) is 7.84. The van der Waals surface area contributed by atoms with Gasteiger partial charge in [0.25, 0.3) is 0 Å². The molecule has 0 bridgehead atoms. The fraction of sp³-hybridized carbons (Fsp3) is 0. The van der Waals surface area contributed by atoms with Gasteiger partial charge in [0.05, 0.1) is 14.7 Å². The van der Waals surface area contributed by atoms with E-state index in [0.29, 0.717) is 0 Å². The fourth-order valence-electron chi connectivity index (χ4n) is 1.76. The smallest absolute Gasteiger partial charge is 0.124 e. The summed E-state index contributed by atoms with van der Waals surface area (Å²) in [5.41, 5.74) is 0. The Morgan fingerprint density at radius 1 is 0.387 bits per heavy atom. The summed E-state index contributed by atoms with van der Waals surface area (Å²) in [5.74, 6) is 0. The molecular formula is C18H15O9PdS3-3. The summed E-state index contributed by atoms with van der Waals surface area (Å²) in [6.07, 6.45) is 0. The van der Waals surface area contributed by atoms with Gasteiger partial charge in [-0.3, -0.25) is 0 Å². The molecule has 3 aromatic carbocycles. The molecule has 0 saturated carbocycles. The Morgan fingerprint density at radius 2 is 0.548 bits per heavy atom. The van der Waals surface area contributed by atoms with Gasteiger partial charge < -0.3 is 13.7 Å². The van der Waals surface area contributed by atoms with Crippen molar-refractivity contribution in [1.29, 1.82) is 0 Å². The molecule has 3 aromatic rings. The average Bonchev–Trinajstić information content (AvgIpc) is 2.69. The van der Waals surface area contributed by atoms with E-state index in [9.17, 15) is 38.9 Å². The molecule has 31 heavy (non-hydrogen) atoms. The minimum absolute atomic E-state index is 0. The molecule has 0 spiro atoms. The van der Waals surface area contributed by atoms with Gasteiger partial charge in [0.2, 0.25) is 0 Å². The molecule has 0 amide bonds. The van der Waals surface area contributed by atoms with E-state index in [-0.39, 0.29) is 35.1 Å². The van der Waals surface area contributed by atoms with Crippen LogP contribution in [0.25, 0.3) is 0 Å². The molecular weight excluding hydrogens is 563 g/mol.